The van der Waals surface area contributed by atoms with Crippen molar-refractivity contribution < 1.29 is 14.3 Å². The van der Waals surface area contributed by atoms with Gasteiger partial charge >= 0.3 is 5.97 Å². The number of unbranched alkanes of at least 4 members (excludes halogenated alkanes) is 1. The van der Waals surface area contributed by atoms with Gasteiger partial charge < -0.3 is 15.2 Å². The fraction of sp³-hybridized carbons (Fsp3) is 0.500. The standard InChI is InChI=1S/C14H21NO3/c1-2-3-8-17-9-10-18-14(16)13-6-4-12(11-15)5-7-13/h4-7H,2-3,8-11,15H2,1H3. The van der Waals surface area contributed by atoms with E-state index in [4.69, 9.17) is 15.2 Å². The molecule has 2 N–H and O–H groups in total. The van der Waals surface area contributed by atoms with Gasteiger partial charge in [-0.05, 0) is 24.1 Å². The van der Waals surface area contributed by atoms with Crippen LogP contribution in [0.1, 0.15) is 35.7 Å². The highest BCUT2D eigenvalue weighted by Gasteiger charge is 2.06. The Bertz CT molecular complexity index is 349. The molecule has 1 aromatic rings. The zero-order valence-corrected chi connectivity index (χ0v) is 10.9. The number of hydrogen-bond donors (Lipinski definition) is 1. The van der Waals surface area contributed by atoms with Gasteiger partial charge in [0.1, 0.15) is 6.61 Å². The molecule has 4 heteroatoms. The van der Waals surface area contributed by atoms with Gasteiger partial charge in [0.2, 0.25) is 0 Å². The van der Waals surface area contributed by atoms with Crippen LogP contribution in [0.4, 0.5) is 0 Å². The second-order valence-electron chi connectivity index (χ2n) is 4.00. The highest BCUT2D eigenvalue weighted by Crippen LogP contribution is 2.05. The van der Waals surface area contributed by atoms with Crippen LogP contribution in [0.25, 0.3) is 0 Å². The SMILES string of the molecule is CCCCOCCOC(=O)c1ccc(CN)cc1. The van der Waals surface area contributed by atoms with Crippen LogP contribution in [0.3, 0.4) is 0 Å². The summed E-state index contributed by atoms with van der Waals surface area (Å²) < 4.78 is 10.4. The fourth-order valence-electron chi connectivity index (χ4n) is 1.40. The maximum Gasteiger partial charge on any atom is 0.338 e. The van der Waals surface area contributed by atoms with E-state index in [-0.39, 0.29) is 5.97 Å². The van der Waals surface area contributed by atoms with Gasteiger partial charge in [0.25, 0.3) is 0 Å². The fourth-order valence-corrected chi connectivity index (χ4v) is 1.40. The Morgan fingerprint density at radius 1 is 1.17 bits per heavy atom. The molecule has 100 valence electrons. The van der Waals surface area contributed by atoms with E-state index >= 15 is 0 Å². The monoisotopic (exact) mass is 251 g/mol. The molecule has 0 spiro atoms. The van der Waals surface area contributed by atoms with Crippen LogP contribution in [-0.4, -0.2) is 25.8 Å². The smallest absolute Gasteiger partial charge is 0.338 e. The topological polar surface area (TPSA) is 61.5 Å². The van der Waals surface area contributed by atoms with E-state index in [0.29, 0.717) is 25.3 Å². The van der Waals surface area contributed by atoms with E-state index in [9.17, 15) is 4.79 Å². The summed E-state index contributed by atoms with van der Waals surface area (Å²) in [5.74, 6) is -0.322. The predicted octanol–water partition coefficient (Wildman–Crippen LogP) is 2.12. The van der Waals surface area contributed by atoms with Crippen LogP contribution < -0.4 is 5.73 Å². The number of rotatable bonds is 8. The predicted molar refractivity (Wildman–Crippen MR) is 70.3 cm³/mol. The Hall–Kier alpha value is -1.39. The number of hydrogen-bond acceptors (Lipinski definition) is 4. The van der Waals surface area contributed by atoms with Crippen molar-refractivity contribution >= 4 is 5.97 Å². The quantitative estimate of drug-likeness (QED) is 0.568. The van der Waals surface area contributed by atoms with Crippen molar-refractivity contribution in [3.05, 3.63) is 35.4 Å². The van der Waals surface area contributed by atoms with E-state index in [2.05, 4.69) is 6.92 Å². The van der Waals surface area contributed by atoms with Crippen LogP contribution in [0, 0.1) is 0 Å². The Kier molecular flexibility index (Phi) is 7.06. The number of nitrogens with two attached hydrogens (primary N) is 1. The molecule has 0 aromatic heterocycles. The zero-order chi connectivity index (χ0) is 13.2. The molecule has 1 rings (SSSR count). The summed E-state index contributed by atoms with van der Waals surface area (Å²) in [5.41, 5.74) is 7.02. The van der Waals surface area contributed by atoms with Crippen molar-refractivity contribution in [3.63, 3.8) is 0 Å². The van der Waals surface area contributed by atoms with Gasteiger partial charge in [-0.15, -0.1) is 0 Å². The van der Waals surface area contributed by atoms with E-state index in [1.54, 1.807) is 12.1 Å². The maximum atomic E-state index is 11.6. The number of benzene rings is 1. The summed E-state index contributed by atoms with van der Waals surface area (Å²) in [7, 11) is 0. The van der Waals surface area contributed by atoms with Gasteiger partial charge in [-0.1, -0.05) is 25.5 Å². The summed E-state index contributed by atoms with van der Waals surface area (Å²) in [4.78, 5) is 11.6. The van der Waals surface area contributed by atoms with Gasteiger partial charge in [-0.2, -0.15) is 0 Å². The molecule has 4 nitrogen and oxygen atoms in total. The van der Waals surface area contributed by atoms with Gasteiger partial charge in [-0.25, -0.2) is 4.79 Å². The molecule has 0 aliphatic carbocycles. The summed E-state index contributed by atoms with van der Waals surface area (Å²) in [5, 5.41) is 0. The molecular weight excluding hydrogens is 230 g/mol. The first-order chi connectivity index (χ1) is 8.77. The van der Waals surface area contributed by atoms with Gasteiger partial charge in [-0.3, -0.25) is 0 Å². The molecule has 0 unspecified atom stereocenters. The highest BCUT2D eigenvalue weighted by atomic mass is 16.6. The zero-order valence-electron chi connectivity index (χ0n) is 10.9. The molecule has 0 aliphatic rings. The van der Waals surface area contributed by atoms with Crippen LogP contribution >= 0.6 is 0 Å². The van der Waals surface area contributed by atoms with Crippen molar-refractivity contribution in [2.75, 3.05) is 19.8 Å². The molecule has 0 atom stereocenters. The first-order valence-corrected chi connectivity index (χ1v) is 6.31. The molecule has 0 radical (unpaired) electrons. The van der Waals surface area contributed by atoms with Crippen LogP contribution in [0.15, 0.2) is 24.3 Å². The Morgan fingerprint density at radius 3 is 2.50 bits per heavy atom. The third-order valence-corrected chi connectivity index (χ3v) is 2.53. The molecule has 0 saturated carbocycles. The van der Waals surface area contributed by atoms with Gasteiger partial charge in [0.15, 0.2) is 0 Å². The molecule has 0 heterocycles. The average Bonchev–Trinajstić information content (AvgIpc) is 2.42. The molecule has 0 saturated heterocycles. The first-order valence-electron chi connectivity index (χ1n) is 6.31. The summed E-state index contributed by atoms with van der Waals surface area (Å²) >= 11 is 0. The lowest BCUT2D eigenvalue weighted by Crippen LogP contribution is -2.11. The summed E-state index contributed by atoms with van der Waals surface area (Å²) in [6.45, 7) is 4.04. The van der Waals surface area contributed by atoms with E-state index in [1.165, 1.54) is 0 Å². The second-order valence-corrected chi connectivity index (χ2v) is 4.00. The van der Waals surface area contributed by atoms with Crippen molar-refractivity contribution in [2.24, 2.45) is 5.73 Å². The van der Waals surface area contributed by atoms with E-state index < -0.39 is 0 Å². The molecule has 18 heavy (non-hydrogen) atoms. The van der Waals surface area contributed by atoms with E-state index in [1.807, 2.05) is 12.1 Å². The third-order valence-electron chi connectivity index (χ3n) is 2.53. The van der Waals surface area contributed by atoms with Crippen molar-refractivity contribution in [1.82, 2.24) is 0 Å². The number of carbonyl (C=O) groups excluding carboxylic acids is 1. The van der Waals surface area contributed by atoms with Crippen molar-refractivity contribution in [1.29, 1.82) is 0 Å². The molecular formula is C14H21NO3. The minimum absolute atomic E-state index is 0.293. The highest BCUT2D eigenvalue weighted by molar-refractivity contribution is 5.89. The minimum Gasteiger partial charge on any atom is -0.460 e. The van der Waals surface area contributed by atoms with Gasteiger partial charge in [0.05, 0.1) is 12.2 Å². The molecule has 0 aliphatic heterocycles. The first kappa shape index (κ1) is 14.7. The number of carbonyl (C=O) groups is 1. The van der Waals surface area contributed by atoms with Crippen molar-refractivity contribution in [2.45, 2.75) is 26.3 Å². The Balaban J connectivity index is 2.23. The van der Waals surface area contributed by atoms with Crippen molar-refractivity contribution in [3.8, 4) is 0 Å². The molecule has 0 amide bonds. The maximum absolute atomic E-state index is 11.6. The molecule has 1 aromatic carbocycles. The minimum atomic E-state index is -0.322. The lowest BCUT2D eigenvalue weighted by atomic mass is 10.1. The lowest BCUT2D eigenvalue weighted by molar-refractivity contribution is 0.0314. The van der Waals surface area contributed by atoms with E-state index in [0.717, 1.165) is 25.0 Å². The number of ether oxygens (including phenoxy) is 2. The Morgan fingerprint density at radius 2 is 1.89 bits per heavy atom. The van der Waals surface area contributed by atoms with Crippen LogP contribution in [-0.2, 0) is 16.0 Å². The molecule has 0 bridgehead atoms. The lowest BCUT2D eigenvalue weighted by Gasteiger charge is -2.06. The number of esters is 1. The van der Waals surface area contributed by atoms with Gasteiger partial charge in [0, 0.05) is 13.2 Å². The normalized spacial score (nSPS) is 10.3. The Labute approximate surface area is 108 Å². The second kappa shape index (κ2) is 8.66. The largest absolute Gasteiger partial charge is 0.460 e. The summed E-state index contributed by atoms with van der Waals surface area (Å²) in [6.07, 6.45) is 2.14. The van der Waals surface area contributed by atoms with Crippen LogP contribution in [0.5, 0.6) is 0 Å². The average molecular weight is 251 g/mol. The van der Waals surface area contributed by atoms with Crippen LogP contribution in [0.2, 0.25) is 0 Å². The third kappa shape index (κ3) is 5.29. The molecule has 0 fully saturated rings. The summed E-state index contributed by atoms with van der Waals surface area (Å²) in [6, 6.07) is 7.10.